The molecule has 0 aliphatic carbocycles. The number of hydrogen-bond acceptors (Lipinski definition) is 5. The van der Waals surface area contributed by atoms with Crippen LogP contribution in [0.5, 0.6) is 0 Å². The normalized spacial score (nSPS) is 11.6. The molecule has 0 aliphatic heterocycles. The second-order valence-electron chi connectivity index (χ2n) is 13.9. The van der Waals surface area contributed by atoms with Crippen molar-refractivity contribution in [2.24, 2.45) is 0 Å². The van der Waals surface area contributed by atoms with Gasteiger partial charge >= 0.3 is 0 Å². The van der Waals surface area contributed by atoms with E-state index in [9.17, 15) is 0 Å². The molecular weight excluding hydrogens is 719 g/mol. The van der Waals surface area contributed by atoms with Gasteiger partial charge in [-0.3, -0.25) is 0 Å². The van der Waals surface area contributed by atoms with Crippen LogP contribution >= 0.6 is 22.7 Å². The highest BCUT2D eigenvalue weighted by Crippen LogP contribution is 2.49. The van der Waals surface area contributed by atoms with Crippen LogP contribution in [-0.4, -0.2) is 15.0 Å². The van der Waals surface area contributed by atoms with Crippen molar-refractivity contribution in [3.8, 4) is 67.5 Å². The molecule has 0 spiro atoms. The zero-order valence-corrected chi connectivity index (χ0v) is 31.7. The maximum absolute atomic E-state index is 5.23. The molecule has 0 radical (unpaired) electrons. The van der Waals surface area contributed by atoms with E-state index in [4.69, 9.17) is 15.0 Å². The first-order valence-electron chi connectivity index (χ1n) is 18.7. The van der Waals surface area contributed by atoms with E-state index in [2.05, 4.69) is 164 Å². The van der Waals surface area contributed by atoms with Gasteiger partial charge in [0.2, 0.25) is 0 Å². The maximum Gasteiger partial charge on any atom is 0.165 e. The SMILES string of the molecule is c1ccc(-c2cccc(-c3nc(-c4ccccc4)nc(-c4cccc5c4sc4cccc(-c6ccc(-c7ccccc7)c7sc8ccccc8c67)c45)n3)c2)cc1. The minimum Gasteiger partial charge on any atom is -0.208 e. The molecule has 11 aromatic rings. The molecule has 0 bridgehead atoms. The molecule has 0 saturated heterocycles. The quantitative estimate of drug-likeness (QED) is 0.170. The fraction of sp³-hybridized carbons (Fsp3) is 0. The van der Waals surface area contributed by atoms with E-state index < -0.39 is 0 Å². The molecule has 0 atom stereocenters. The van der Waals surface area contributed by atoms with Gasteiger partial charge in [0.1, 0.15) is 0 Å². The zero-order chi connectivity index (χ0) is 37.0. The monoisotopic (exact) mass is 749 g/mol. The van der Waals surface area contributed by atoms with Gasteiger partial charge in [-0.15, -0.1) is 22.7 Å². The average Bonchev–Trinajstić information content (AvgIpc) is 3.86. The first-order valence-corrected chi connectivity index (χ1v) is 20.3. The van der Waals surface area contributed by atoms with Crippen molar-refractivity contribution in [2.75, 3.05) is 0 Å². The highest BCUT2D eigenvalue weighted by Gasteiger charge is 2.21. The van der Waals surface area contributed by atoms with Crippen LogP contribution in [0.15, 0.2) is 188 Å². The van der Waals surface area contributed by atoms with Crippen LogP contribution in [0.1, 0.15) is 0 Å². The smallest absolute Gasteiger partial charge is 0.165 e. The molecule has 262 valence electrons. The molecule has 8 aromatic carbocycles. The Morgan fingerprint density at radius 2 is 0.804 bits per heavy atom. The number of aromatic nitrogens is 3. The molecule has 3 heterocycles. The lowest BCUT2D eigenvalue weighted by Crippen LogP contribution is -2.00. The van der Waals surface area contributed by atoms with Crippen molar-refractivity contribution in [1.82, 2.24) is 15.0 Å². The van der Waals surface area contributed by atoms with Gasteiger partial charge in [-0.25, -0.2) is 15.0 Å². The molecule has 0 amide bonds. The second kappa shape index (κ2) is 13.5. The van der Waals surface area contributed by atoms with Crippen molar-refractivity contribution >= 4 is 63.0 Å². The van der Waals surface area contributed by atoms with Crippen molar-refractivity contribution in [2.45, 2.75) is 0 Å². The molecule has 11 rings (SSSR count). The van der Waals surface area contributed by atoms with Crippen molar-refractivity contribution in [1.29, 1.82) is 0 Å². The molecule has 0 aliphatic rings. The third-order valence-corrected chi connectivity index (χ3v) is 13.0. The minimum absolute atomic E-state index is 0.649. The van der Waals surface area contributed by atoms with E-state index in [0.717, 1.165) is 32.5 Å². The summed E-state index contributed by atoms with van der Waals surface area (Å²) in [6.45, 7) is 0. The van der Waals surface area contributed by atoms with Gasteiger partial charge in [-0.1, -0.05) is 164 Å². The minimum atomic E-state index is 0.649. The molecule has 3 nitrogen and oxygen atoms in total. The highest BCUT2D eigenvalue weighted by molar-refractivity contribution is 7.27. The third kappa shape index (κ3) is 5.51. The van der Waals surface area contributed by atoms with E-state index in [0.29, 0.717) is 17.5 Å². The summed E-state index contributed by atoms with van der Waals surface area (Å²) in [5.41, 5.74) is 10.2. The number of nitrogens with zero attached hydrogens (tertiary/aromatic N) is 3. The van der Waals surface area contributed by atoms with E-state index in [1.54, 1.807) is 0 Å². The lowest BCUT2D eigenvalue weighted by Gasteiger charge is -2.11. The fourth-order valence-corrected chi connectivity index (χ4v) is 10.5. The third-order valence-electron chi connectivity index (χ3n) is 10.6. The number of hydrogen-bond donors (Lipinski definition) is 0. The highest BCUT2D eigenvalue weighted by atomic mass is 32.1. The van der Waals surface area contributed by atoms with Gasteiger partial charge in [-0.05, 0) is 57.6 Å². The summed E-state index contributed by atoms with van der Waals surface area (Å²) in [4.78, 5) is 15.5. The van der Waals surface area contributed by atoms with Crippen molar-refractivity contribution in [3.05, 3.63) is 188 Å². The van der Waals surface area contributed by atoms with E-state index in [-0.39, 0.29) is 0 Å². The standard InChI is InChI=1S/C51H31N3S2/c1-4-15-32(16-5-1)35-21-12-22-36(31-35)50-52-49(34-19-8-3-9-20-34)53-51(54-50)42-26-13-25-41-45-38(24-14-28-44(45)56-47(41)42)39-30-29-37(33-17-6-2-7-18-33)48-46(39)40-23-10-11-27-43(40)55-48/h1-31H. The Bertz CT molecular complexity index is 3240. The van der Waals surface area contributed by atoms with Crippen molar-refractivity contribution in [3.63, 3.8) is 0 Å². The topological polar surface area (TPSA) is 38.7 Å². The van der Waals surface area contributed by atoms with Gasteiger partial charge in [0.25, 0.3) is 0 Å². The Morgan fingerprint density at radius 3 is 1.61 bits per heavy atom. The average molecular weight is 750 g/mol. The number of thiophene rings is 2. The van der Waals surface area contributed by atoms with Crippen LogP contribution in [0, 0.1) is 0 Å². The summed E-state index contributed by atoms with van der Waals surface area (Å²) >= 11 is 3.69. The van der Waals surface area contributed by atoms with Crippen LogP contribution in [-0.2, 0) is 0 Å². The number of rotatable bonds is 6. The predicted octanol–water partition coefficient (Wildman–Crippen LogP) is 14.6. The van der Waals surface area contributed by atoms with Gasteiger partial charge in [-0.2, -0.15) is 0 Å². The molecule has 3 aromatic heterocycles. The molecule has 0 unspecified atom stereocenters. The first kappa shape index (κ1) is 32.6. The van der Waals surface area contributed by atoms with Gasteiger partial charge in [0, 0.05) is 57.0 Å². The summed E-state index contributed by atoms with van der Waals surface area (Å²) in [6.07, 6.45) is 0. The van der Waals surface area contributed by atoms with E-state index in [1.165, 1.54) is 57.9 Å². The van der Waals surface area contributed by atoms with Crippen LogP contribution in [0.25, 0.3) is 108 Å². The largest absolute Gasteiger partial charge is 0.208 e. The fourth-order valence-electron chi connectivity index (χ4n) is 7.96. The Hall–Kier alpha value is -6.79. The van der Waals surface area contributed by atoms with Crippen molar-refractivity contribution < 1.29 is 0 Å². The molecule has 56 heavy (non-hydrogen) atoms. The van der Waals surface area contributed by atoms with Gasteiger partial charge in [0.15, 0.2) is 17.5 Å². The number of benzene rings is 8. The summed E-state index contributed by atoms with van der Waals surface area (Å²) in [6, 6.07) is 66.6. The predicted molar refractivity (Wildman–Crippen MR) is 238 cm³/mol. The van der Waals surface area contributed by atoms with E-state index in [1.807, 2.05) is 46.9 Å². The van der Waals surface area contributed by atoms with Gasteiger partial charge in [0.05, 0.1) is 0 Å². The van der Waals surface area contributed by atoms with E-state index >= 15 is 0 Å². The maximum atomic E-state index is 5.23. The second-order valence-corrected chi connectivity index (χ2v) is 16.0. The Balaban J connectivity index is 1.13. The summed E-state index contributed by atoms with van der Waals surface area (Å²) in [5, 5.41) is 5.06. The van der Waals surface area contributed by atoms with Crippen LogP contribution in [0.4, 0.5) is 0 Å². The Labute approximate surface area is 331 Å². The summed E-state index contributed by atoms with van der Waals surface area (Å²) < 4.78 is 5.01. The summed E-state index contributed by atoms with van der Waals surface area (Å²) in [7, 11) is 0. The first-order chi connectivity index (χ1) is 27.8. The molecule has 0 N–H and O–H groups in total. The lowest BCUT2D eigenvalue weighted by molar-refractivity contribution is 1.08. The van der Waals surface area contributed by atoms with Crippen LogP contribution < -0.4 is 0 Å². The molecular formula is C51H31N3S2. The van der Waals surface area contributed by atoms with Gasteiger partial charge < -0.3 is 0 Å². The zero-order valence-electron chi connectivity index (χ0n) is 30.1. The molecule has 0 fully saturated rings. The summed E-state index contributed by atoms with van der Waals surface area (Å²) in [5.74, 6) is 1.96. The van der Waals surface area contributed by atoms with Crippen LogP contribution in [0.3, 0.4) is 0 Å². The molecule has 0 saturated carbocycles. The number of fused-ring (bicyclic) bond motifs is 6. The Morgan fingerprint density at radius 1 is 0.286 bits per heavy atom. The Kier molecular flexibility index (Phi) is 7.87. The molecule has 5 heteroatoms. The van der Waals surface area contributed by atoms with Crippen LogP contribution in [0.2, 0.25) is 0 Å². The lowest BCUT2D eigenvalue weighted by atomic mass is 9.92.